The van der Waals surface area contributed by atoms with Gasteiger partial charge < -0.3 is 5.32 Å². The van der Waals surface area contributed by atoms with Gasteiger partial charge in [-0.25, -0.2) is 8.42 Å². The Hall–Kier alpha value is -0.570. The topological polar surface area (TPSA) is 78.1 Å². The number of nitrogens with zero attached hydrogens (tertiary/aromatic N) is 2. The monoisotopic (exact) mass is 318 g/mol. The van der Waals surface area contributed by atoms with Gasteiger partial charge in [0, 0.05) is 31.9 Å². The number of H-pyrrole nitrogens is 1. The molecular formula is C12H22N4O2S2. The Morgan fingerprint density at radius 2 is 2.20 bits per heavy atom. The van der Waals surface area contributed by atoms with E-state index in [4.69, 9.17) is 0 Å². The number of hydrogen-bond donors (Lipinski definition) is 2. The Morgan fingerprint density at radius 1 is 1.50 bits per heavy atom. The minimum atomic E-state index is -3.47. The molecule has 6 nitrogen and oxygen atoms in total. The molecule has 2 N–H and O–H groups in total. The average Bonchev–Trinajstić information content (AvgIpc) is 3.16. The van der Waals surface area contributed by atoms with Crippen LogP contribution >= 0.6 is 11.8 Å². The van der Waals surface area contributed by atoms with Crippen LogP contribution in [0.3, 0.4) is 0 Å². The summed E-state index contributed by atoms with van der Waals surface area (Å²) >= 11 is 1.63. The minimum absolute atomic E-state index is 0.328. The Labute approximate surface area is 124 Å². The van der Waals surface area contributed by atoms with Crippen molar-refractivity contribution in [3.05, 3.63) is 11.4 Å². The van der Waals surface area contributed by atoms with E-state index in [0.29, 0.717) is 35.4 Å². The molecule has 0 amide bonds. The van der Waals surface area contributed by atoms with Gasteiger partial charge in [0.2, 0.25) is 10.0 Å². The number of hydrogen-bond acceptors (Lipinski definition) is 5. The van der Waals surface area contributed by atoms with E-state index >= 15 is 0 Å². The molecule has 0 aliphatic heterocycles. The number of thioether (sulfide) groups is 1. The fourth-order valence-electron chi connectivity index (χ4n) is 1.96. The number of aromatic amines is 1. The number of nitrogens with one attached hydrogen (secondary N) is 2. The molecule has 0 unspecified atom stereocenters. The number of rotatable bonds is 8. The van der Waals surface area contributed by atoms with Crippen molar-refractivity contribution in [3.63, 3.8) is 0 Å². The van der Waals surface area contributed by atoms with Crippen LogP contribution in [0.4, 0.5) is 0 Å². The van der Waals surface area contributed by atoms with Crippen LogP contribution in [0.25, 0.3) is 0 Å². The third-order valence-corrected chi connectivity index (χ3v) is 6.03. The minimum Gasteiger partial charge on any atom is -0.308 e. The van der Waals surface area contributed by atoms with E-state index < -0.39 is 10.0 Å². The molecule has 1 aliphatic carbocycles. The van der Waals surface area contributed by atoms with Crippen molar-refractivity contribution in [2.45, 2.75) is 37.2 Å². The molecule has 0 radical (unpaired) electrons. The summed E-state index contributed by atoms with van der Waals surface area (Å²) in [6.07, 6.45) is 4.30. The van der Waals surface area contributed by atoms with Gasteiger partial charge in [0.25, 0.3) is 0 Å². The van der Waals surface area contributed by atoms with Crippen LogP contribution in [0.1, 0.15) is 24.2 Å². The van der Waals surface area contributed by atoms with Gasteiger partial charge in [-0.2, -0.15) is 21.2 Å². The van der Waals surface area contributed by atoms with Gasteiger partial charge in [0.15, 0.2) is 0 Å². The normalized spacial score (nSPS) is 16.0. The van der Waals surface area contributed by atoms with Crippen molar-refractivity contribution in [2.75, 3.05) is 25.6 Å². The maximum Gasteiger partial charge on any atom is 0.246 e. The molecule has 1 aromatic rings. The molecule has 0 aromatic carbocycles. The van der Waals surface area contributed by atoms with Crippen LogP contribution in [0.2, 0.25) is 0 Å². The van der Waals surface area contributed by atoms with Crippen molar-refractivity contribution in [2.24, 2.45) is 0 Å². The molecule has 1 fully saturated rings. The second kappa shape index (κ2) is 6.46. The van der Waals surface area contributed by atoms with E-state index in [9.17, 15) is 8.42 Å². The van der Waals surface area contributed by atoms with Crippen LogP contribution in [-0.4, -0.2) is 54.6 Å². The van der Waals surface area contributed by atoms with Crippen molar-refractivity contribution in [1.82, 2.24) is 19.8 Å². The highest BCUT2D eigenvalue weighted by Gasteiger charge is 2.29. The molecule has 1 aliphatic rings. The van der Waals surface area contributed by atoms with Crippen molar-refractivity contribution in [1.29, 1.82) is 0 Å². The summed E-state index contributed by atoms with van der Waals surface area (Å²) in [6.45, 7) is 2.76. The number of sulfonamides is 1. The lowest BCUT2D eigenvalue weighted by molar-refractivity contribution is 0.486. The summed E-state index contributed by atoms with van der Waals surface area (Å²) in [5.41, 5.74) is 1.19. The molecule has 0 spiro atoms. The first-order valence-electron chi connectivity index (χ1n) is 6.69. The van der Waals surface area contributed by atoms with Gasteiger partial charge in [0.1, 0.15) is 4.90 Å². The van der Waals surface area contributed by atoms with E-state index in [-0.39, 0.29) is 0 Å². The first-order valence-corrected chi connectivity index (χ1v) is 9.52. The Kier molecular flexibility index (Phi) is 5.11. The fourth-order valence-corrected chi connectivity index (χ4v) is 4.02. The van der Waals surface area contributed by atoms with Gasteiger partial charge in [-0.3, -0.25) is 5.10 Å². The second-order valence-corrected chi connectivity index (χ2v) is 8.07. The zero-order valence-electron chi connectivity index (χ0n) is 12.1. The number of aryl methyl sites for hydroxylation is 1. The zero-order valence-corrected chi connectivity index (χ0v) is 13.8. The van der Waals surface area contributed by atoms with Crippen LogP contribution in [0.5, 0.6) is 0 Å². The summed E-state index contributed by atoms with van der Waals surface area (Å²) < 4.78 is 26.7. The quantitative estimate of drug-likeness (QED) is 0.746. The average molecular weight is 318 g/mol. The van der Waals surface area contributed by atoms with Crippen LogP contribution in [0.15, 0.2) is 4.90 Å². The lowest BCUT2D eigenvalue weighted by Gasteiger charge is -2.17. The molecular weight excluding hydrogens is 296 g/mol. The summed E-state index contributed by atoms with van der Waals surface area (Å²) in [7, 11) is -1.85. The Bertz CT molecular complexity index is 552. The second-order valence-electron chi connectivity index (χ2n) is 5.10. The molecule has 0 atom stereocenters. The predicted octanol–water partition coefficient (Wildman–Crippen LogP) is 0.954. The van der Waals surface area contributed by atoms with Crippen LogP contribution < -0.4 is 5.32 Å². The van der Waals surface area contributed by atoms with E-state index in [1.165, 1.54) is 17.1 Å². The lowest BCUT2D eigenvalue weighted by atomic mass is 10.3. The van der Waals surface area contributed by atoms with Gasteiger partial charge in [-0.05, 0) is 26.0 Å². The van der Waals surface area contributed by atoms with Gasteiger partial charge >= 0.3 is 0 Å². The van der Waals surface area contributed by atoms with Crippen molar-refractivity contribution in [3.8, 4) is 0 Å². The van der Waals surface area contributed by atoms with Crippen molar-refractivity contribution >= 4 is 21.8 Å². The van der Waals surface area contributed by atoms with E-state index in [1.54, 1.807) is 25.7 Å². The molecule has 2 rings (SSSR count). The summed E-state index contributed by atoms with van der Waals surface area (Å²) in [6, 6.07) is 0.525. The highest BCUT2D eigenvalue weighted by molar-refractivity contribution is 7.98. The summed E-state index contributed by atoms with van der Waals surface area (Å²) in [5, 5.41) is 10.3. The van der Waals surface area contributed by atoms with Crippen molar-refractivity contribution < 1.29 is 8.42 Å². The standard InChI is InChI=1S/C12H22N4O2S2/c1-9-12(20(17,18)16(2)6-7-19-3)11(15-14-9)8-13-10-4-5-10/h10,13H,4-8H2,1-3H3,(H,14,15). The largest absolute Gasteiger partial charge is 0.308 e. The molecule has 20 heavy (non-hydrogen) atoms. The SMILES string of the molecule is CSCCN(C)S(=O)(=O)c1c(CNC2CC2)n[nH]c1C. The fraction of sp³-hybridized carbons (Fsp3) is 0.750. The third kappa shape index (κ3) is 3.55. The maximum absolute atomic E-state index is 12.6. The summed E-state index contributed by atoms with van der Waals surface area (Å²) in [5.74, 6) is 0.780. The van der Waals surface area contributed by atoms with Gasteiger partial charge in [-0.15, -0.1) is 0 Å². The maximum atomic E-state index is 12.6. The van der Waals surface area contributed by atoms with Gasteiger partial charge in [0.05, 0.1) is 11.4 Å². The molecule has 1 heterocycles. The van der Waals surface area contributed by atoms with Crippen LogP contribution in [0, 0.1) is 6.92 Å². The van der Waals surface area contributed by atoms with E-state index in [0.717, 1.165) is 5.75 Å². The Morgan fingerprint density at radius 3 is 2.80 bits per heavy atom. The molecule has 114 valence electrons. The lowest BCUT2D eigenvalue weighted by Crippen LogP contribution is -2.30. The first-order chi connectivity index (χ1) is 9.46. The first kappa shape index (κ1) is 15.8. The van der Waals surface area contributed by atoms with Gasteiger partial charge in [-0.1, -0.05) is 0 Å². The highest BCUT2D eigenvalue weighted by Crippen LogP contribution is 2.24. The molecule has 1 aromatic heterocycles. The Balaban J connectivity index is 2.18. The zero-order chi connectivity index (χ0) is 14.8. The highest BCUT2D eigenvalue weighted by atomic mass is 32.2. The third-order valence-electron chi connectivity index (χ3n) is 3.38. The number of aromatic nitrogens is 2. The smallest absolute Gasteiger partial charge is 0.246 e. The summed E-state index contributed by atoms with van der Waals surface area (Å²) in [4.78, 5) is 0.328. The van der Waals surface area contributed by atoms with Crippen LogP contribution in [-0.2, 0) is 16.6 Å². The molecule has 0 saturated heterocycles. The van der Waals surface area contributed by atoms with E-state index in [1.807, 2.05) is 6.26 Å². The predicted molar refractivity (Wildman–Crippen MR) is 81.4 cm³/mol. The molecule has 8 heteroatoms. The molecule has 1 saturated carbocycles. The molecule has 0 bridgehead atoms. The van der Waals surface area contributed by atoms with E-state index in [2.05, 4.69) is 15.5 Å².